The van der Waals surface area contributed by atoms with Gasteiger partial charge in [0.2, 0.25) is 0 Å². The van der Waals surface area contributed by atoms with Gasteiger partial charge in [0.15, 0.2) is 0 Å². The van der Waals surface area contributed by atoms with Crippen LogP contribution in [0.4, 0.5) is 29.1 Å². The van der Waals surface area contributed by atoms with Crippen LogP contribution in [-0.2, 0) is 6.18 Å². The van der Waals surface area contributed by atoms with E-state index >= 15 is 0 Å². The zero-order valence-electron chi connectivity index (χ0n) is 19.1. The molecule has 2 aromatic rings. The van der Waals surface area contributed by atoms with Gasteiger partial charge in [0.05, 0.1) is 5.56 Å². The summed E-state index contributed by atoms with van der Waals surface area (Å²) in [5.74, 6) is 0.754. The molecule has 182 valence electrons. The van der Waals surface area contributed by atoms with Crippen LogP contribution in [0.5, 0.6) is 0 Å². The van der Waals surface area contributed by atoms with Crippen LogP contribution in [0.15, 0.2) is 60.6 Å². The molecule has 0 radical (unpaired) electrons. The third-order valence-electron chi connectivity index (χ3n) is 6.35. The second-order valence-electron chi connectivity index (χ2n) is 8.75. The maximum absolute atomic E-state index is 13.1. The zero-order valence-corrected chi connectivity index (χ0v) is 19.1. The maximum atomic E-state index is 13.1. The van der Waals surface area contributed by atoms with E-state index in [2.05, 4.69) is 15.2 Å². The molecule has 0 unspecified atom stereocenters. The molecule has 0 atom stereocenters. The number of unbranched alkanes of at least 4 members (excludes halogenated alkanes) is 1. The standard InChI is InChI=1S/C26H30F4N4/c27-23-9-6-20(7-10-23)21-8-11-25(32-19-21)31-12-1-2-13-33-14-16-34(17-15-33)24-5-3-4-22(18-24)26(28,29)30/h3-6,8-9,11,18-19H,1-2,7,10,12-17H2,(H,31,32). The van der Waals surface area contributed by atoms with Crippen molar-refractivity contribution in [2.24, 2.45) is 0 Å². The van der Waals surface area contributed by atoms with Crippen molar-refractivity contribution in [2.75, 3.05) is 49.5 Å². The van der Waals surface area contributed by atoms with Crippen LogP contribution in [0.2, 0.25) is 0 Å². The lowest BCUT2D eigenvalue weighted by Gasteiger charge is -2.36. The van der Waals surface area contributed by atoms with Gasteiger partial charge in [-0.1, -0.05) is 12.1 Å². The lowest BCUT2D eigenvalue weighted by Crippen LogP contribution is -2.46. The molecule has 4 nitrogen and oxygen atoms in total. The summed E-state index contributed by atoms with van der Waals surface area (Å²) >= 11 is 0. The molecule has 1 aromatic heterocycles. The second kappa shape index (κ2) is 11.0. The number of piperazine rings is 1. The largest absolute Gasteiger partial charge is 0.416 e. The monoisotopic (exact) mass is 474 g/mol. The molecule has 1 aliphatic carbocycles. The van der Waals surface area contributed by atoms with E-state index in [0.717, 1.165) is 75.1 Å². The topological polar surface area (TPSA) is 31.4 Å². The molecule has 34 heavy (non-hydrogen) atoms. The van der Waals surface area contributed by atoms with E-state index in [1.165, 1.54) is 18.2 Å². The van der Waals surface area contributed by atoms with E-state index in [4.69, 9.17) is 0 Å². The number of rotatable bonds is 8. The van der Waals surface area contributed by atoms with Crippen molar-refractivity contribution in [3.05, 3.63) is 71.7 Å². The number of hydrogen-bond acceptors (Lipinski definition) is 4. The molecule has 2 heterocycles. The molecule has 1 aromatic carbocycles. The van der Waals surface area contributed by atoms with Gasteiger partial charge >= 0.3 is 6.18 Å². The Hall–Kier alpha value is -2.87. The van der Waals surface area contributed by atoms with E-state index in [-0.39, 0.29) is 5.83 Å². The summed E-state index contributed by atoms with van der Waals surface area (Å²) in [7, 11) is 0. The number of benzene rings is 1. The van der Waals surface area contributed by atoms with Crippen molar-refractivity contribution in [1.82, 2.24) is 9.88 Å². The Morgan fingerprint density at radius 1 is 0.941 bits per heavy atom. The molecule has 1 fully saturated rings. The van der Waals surface area contributed by atoms with E-state index in [0.29, 0.717) is 18.5 Å². The van der Waals surface area contributed by atoms with Gasteiger partial charge in [0.25, 0.3) is 0 Å². The van der Waals surface area contributed by atoms with Gasteiger partial charge in [0.1, 0.15) is 11.6 Å². The normalized spacial score (nSPS) is 17.4. The lowest BCUT2D eigenvalue weighted by molar-refractivity contribution is -0.137. The second-order valence-corrected chi connectivity index (χ2v) is 8.75. The fraction of sp³-hybridized carbons (Fsp3) is 0.423. The Balaban J connectivity index is 1.14. The van der Waals surface area contributed by atoms with Gasteiger partial charge < -0.3 is 10.2 Å². The average molecular weight is 475 g/mol. The quantitative estimate of drug-likeness (QED) is 0.368. The van der Waals surface area contributed by atoms with Crippen LogP contribution in [0.25, 0.3) is 5.57 Å². The highest BCUT2D eigenvalue weighted by molar-refractivity contribution is 5.68. The van der Waals surface area contributed by atoms with Crippen LogP contribution >= 0.6 is 0 Å². The summed E-state index contributed by atoms with van der Waals surface area (Å²) in [4.78, 5) is 8.86. The number of hydrogen-bond donors (Lipinski definition) is 1. The number of nitrogens with zero attached hydrogens (tertiary/aromatic N) is 3. The number of halogens is 4. The number of aromatic nitrogens is 1. The van der Waals surface area contributed by atoms with Crippen LogP contribution in [-0.4, -0.2) is 49.2 Å². The minimum atomic E-state index is -4.31. The lowest BCUT2D eigenvalue weighted by atomic mass is 9.98. The third-order valence-corrected chi connectivity index (χ3v) is 6.35. The van der Waals surface area contributed by atoms with Crippen molar-refractivity contribution < 1.29 is 17.6 Å². The van der Waals surface area contributed by atoms with E-state index in [1.807, 2.05) is 29.3 Å². The maximum Gasteiger partial charge on any atom is 0.416 e. The minimum absolute atomic E-state index is 0.0763. The summed E-state index contributed by atoms with van der Waals surface area (Å²) in [5, 5.41) is 3.34. The molecule has 1 saturated heterocycles. The van der Waals surface area contributed by atoms with Crippen molar-refractivity contribution in [3.63, 3.8) is 0 Å². The highest BCUT2D eigenvalue weighted by atomic mass is 19.4. The van der Waals surface area contributed by atoms with E-state index in [9.17, 15) is 17.6 Å². The highest BCUT2D eigenvalue weighted by Crippen LogP contribution is 2.32. The number of alkyl halides is 3. The van der Waals surface area contributed by atoms with Gasteiger partial charge in [0, 0.05) is 51.0 Å². The first kappa shape index (κ1) is 24.3. The van der Waals surface area contributed by atoms with Crippen LogP contribution < -0.4 is 10.2 Å². The molecule has 0 spiro atoms. The smallest absolute Gasteiger partial charge is 0.370 e. The van der Waals surface area contributed by atoms with Crippen LogP contribution in [0.1, 0.15) is 36.8 Å². The average Bonchev–Trinajstić information content (AvgIpc) is 2.85. The molecule has 8 heteroatoms. The Morgan fingerprint density at radius 3 is 2.44 bits per heavy atom. The Morgan fingerprint density at radius 2 is 1.76 bits per heavy atom. The first-order chi connectivity index (χ1) is 16.4. The molecule has 4 rings (SSSR count). The van der Waals surface area contributed by atoms with E-state index < -0.39 is 11.7 Å². The number of pyridine rings is 1. The van der Waals surface area contributed by atoms with Crippen molar-refractivity contribution >= 4 is 17.1 Å². The molecule has 0 bridgehead atoms. The Kier molecular flexibility index (Phi) is 7.88. The molecule has 1 N–H and O–H groups in total. The molecule has 2 aliphatic rings. The van der Waals surface area contributed by atoms with E-state index in [1.54, 1.807) is 6.07 Å². The van der Waals surface area contributed by atoms with Gasteiger partial charge in [-0.3, -0.25) is 4.90 Å². The highest BCUT2D eigenvalue weighted by Gasteiger charge is 2.31. The first-order valence-corrected chi connectivity index (χ1v) is 11.8. The molecule has 0 saturated carbocycles. The summed E-state index contributed by atoms with van der Waals surface area (Å²) in [5.41, 5.74) is 2.18. The van der Waals surface area contributed by atoms with Crippen LogP contribution in [0, 0.1) is 0 Å². The first-order valence-electron chi connectivity index (χ1n) is 11.8. The fourth-order valence-electron chi connectivity index (χ4n) is 4.33. The van der Waals surface area contributed by atoms with Crippen molar-refractivity contribution in [2.45, 2.75) is 31.9 Å². The Labute approximate surface area is 198 Å². The minimum Gasteiger partial charge on any atom is -0.370 e. The van der Waals surface area contributed by atoms with Gasteiger partial charge in [-0.2, -0.15) is 13.2 Å². The van der Waals surface area contributed by atoms with Gasteiger partial charge in [-0.15, -0.1) is 0 Å². The summed E-state index contributed by atoms with van der Waals surface area (Å²) in [6.45, 7) is 4.96. The zero-order chi connectivity index (χ0) is 24.0. The van der Waals surface area contributed by atoms with Crippen molar-refractivity contribution in [1.29, 1.82) is 0 Å². The fourth-order valence-corrected chi connectivity index (χ4v) is 4.33. The van der Waals surface area contributed by atoms with Crippen molar-refractivity contribution in [3.8, 4) is 0 Å². The molecular formula is C26H30F4N4. The summed E-state index contributed by atoms with van der Waals surface area (Å²) in [6.07, 6.45) is 4.06. The molecular weight excluding hydrogens is 444 g/mol. The molecule has 1 aliphatic heterocycles. The summed E-state index contributed by atoms with van der Waals surface area (Å²) in [6, 6.07) is 9.56. The van der Waals surface area contributed by atoms with Crippen LogP contribution in [0.3, 0.4) is 0 Å². The Bertz CT molecular complexity index is 1010. The number of anilines is 2. The molecule has 0 amide bonds. The third kappa shape index (κ3) is 6.59. The predicted octanol–water partition coefficient (Wildman–Crippen LogP) is 6.15. The number of nitrogens with one attached hydrogen (secondary N) is 1. The number of allylic oxidation sites excluding steroid dienone is 4. The predicted molar refractivity (Wildman–Crippen MR) is 128 cm³/mol. The SMILES string of the molecule is FC1=CC=C(c2ccc(NCCCCN3CCN(c4cccc(C(F)(F)F)c4)CC3)nc2)CC1. The summed E-state index contributed by atoms with van der Waals surface area (Å²) < 4.78 is 52.0. The van der Waals surface area contributed by atoms with Gasteiger partial charge in [-0.25, -0.2) is 9.37 Å². The van der Waals surface area contributed by atoms with Gasteiger partial charge in [-0.05, 0) is 73.4 Å².